The van der Waals surface area contributed by atoms with Gasteiger partial charge in [0.15, 0.2) is 0 Å². The largest absolute Gasteiger partial charge is 0.355 e. The third-order valence-electron chi connectivity index (χ3n) is 4.05. The summed E-state index contributed by atoms with van der Waals surface area (Å²) in [6, 6.07) is 6.48. The highest BCUT2D eigenvalue weighted by atomic mass is 19.1. The molecular formula is C16H23FN2O. The van der Waals surface area contributed by atoms with Gasteiger partial charge in [-0.3, -0.25) is 4.79 Å². The molecule has 4 heteroatoms. The Morgan fingerprint density at radius 3 is 2.55 bits per heavy atom. The lowest BCUT2D eigenvalue weighted by Crippen LogP contribution is -2.35. The standard InChI is InChI=1S/C16H23FN2O/c1-3-19(4-2)10-9-18-16(20)15-11-14(15)12-5-7-13(17)8-6-12/h5-8,14-15H,3-4,9-11H2,1-2H3,(H,18,20). The number of nitrogens with zero attached hydrogens (tertiary/aromatic N) is 1. The molecule has 20 heavy (non-hydrogen) atoms. The predicted octanol–water partition coefficient (Wildman–Crippen LogP) is 2.39. The lowest BCUT2D eigenvalue weighted by Gasteiger charge is -2.17. The van der Waals surface area contributed by atoms with Crippen molar-refractivity contribution < 1.29 is 9.18 Å². The lowest BCUT2D eigenvalue weighted by atomic mass is 10.1. The third kappa shape index (κ3) is 3.79. The van der Waals surface area contributed by atoms with Crippen LogP contribution in [0.4, 0.5) is 4.39 Å². The number of rotatable bonds is 7. The summed E-state index contributed by atoms with van der Waals surface area (Å²) in [5, 5.41) is 3.00. The maximum atomic E-state index is 12.9. The van der Waals surface area contributed by atoms with E-state index in [9.17, 15) is 9.18 Å². The highest BCUT2D eigenvalue weighted by Gasteiger charge is 2.43. The minimum absolute atomic E-state index is 0.0668. The Bertz CT molecular complexity index is 442. The molecule has 0 heterocycles. The fourth-order valence-electron chi connectivity index (χ4n) is 2.57. The first-order valence-electron chi connectivity index (χ1n) is 7.41. The van der Waals surface area contributed by atoms with E-state index in [2.05, 4.69) is 24.1 Å². The molecule has 1 fully saturated rings. The minimum atomic E-state index is -0.227. The van der Waals surface area contributed by atoms with Gasteiger partial charge in [0.05, 0.1) is 0 Å². The molecule has 1 amide bonds. The van der Waals surface area contributed by atoms with E-state index in [-0.39, 0.29) is 23.6 Å². The van der Waals surface area contributed by atoms with Crippen molar-refractivity contribution in [2.24, 2.45) is 5.92 Å². The SMILES string of the molecule is CCN(CC)CCNC(=O)C1CC1c1ccc(F)cc1. The summed E-state index contributed by atoms with van der Waals surface area (Å²) in [5.41, 5.74) is 1.07. The van der Waals surface area contributed by atoms with Crippen LogP contribution in [0.25, 0.3) is 0 Å². The normalized spacial score (nSPS) is 21.0. The van der Waals surface area contributed by atoms with Gasteiger partial charge in [0.1, 0.15) is 5.82 Å². The average Bonchev–Trinajstić information content (AvgIpc) is 3.25. The van der Waals surface area contributed by atoms with Gasteiger partial charge in [-0.15, -0.1) is 0 Å². The van der Waals surface area contributed by atoms with Crippen molar-refractivity contribution >= 4 is 5.91 Å². The number of halogens is 1. The van der Waals surface area contributed by atoms with Crippen LogP contribution in [0.3, 0.4) is 0 Å². The second-order valence-electron chi connectivity index (χ2n) is 5.32. The number of nitrogens with one attached hydrogen (secondary N) is 1. The zero-order valence-electron chi connectivity index (χ0n) is 12.2. The Labute approximate surface area is 120 Å². The fraction of sp³-hybridized carbons (Fsp3) is 0.562. The van der Waals surface area contributed by atoms with E-state index >= 15 is 0 Å². The van der Waals surface area contributed by atoms with E-state index in [4.69, 9.17) is 0 Å². The van der Waals surface area contributed by atoms with Crippen LogP contribution < -0.4 is 5.32 Å². The Hall–Kier alpha value is -1.42. The molecule has 1 aliphatic carbocycles. The fourth-order valence-corrected chi connectivity index (χ4v) is 2.57. The number of carbonyl (C=O) groups excluding carboxylic acids is 1. The molecule has 0 radical (unpaired) electrons. The van der Waals surface area contributed by atoms with Crippen LogP contribution in [-0.4, -0.2) is 37.0 Å². The molecule has 1 saturated carbocycles. The molecule has 0 spiro atoms. The number of likely N-dealkylation sites (N-methyl/N-ethyl adjacent to an activating group) is 1. The highest BCUT2D eigenvalue weighted by Crippen LogP contribution is 2.47. The molecule has 1 aromatic carbocycles. The van der Waals surface area contributed by atoms with Crippen molar-refractivity contribution in [3.8, 4) is 0 Å². The number of carbonyl (C=O) groups is 1. The van der Waals surface area contributed by atoms with E-state index in [1.54, 1.807) is 12.1 Å². The quantitative estimate of drug-likeness (QED) is 0.830. The van der Waals surface area contributed by atoms with Gasteiger partial charge in [-0.2, -0.15) is 0 Å². The van der Waals surface area contributed by atoms with Gasteiger partial charge in [-0.1, -0.05) is 26.0 Å². The lowest BCUT2D eigenvalue weighted by molar-refractivity contribution is -0.122. The van der Waals surface area contributed by atoms with Crippen LogP contribution in [0, 0.1) is 11.7 Å². The number of hydrogen-bond acceptors (Lipinski definition) is 2. The van der Waals surface area contributed by atoms with Crippen molar-refractivity contribution in [3.63, 3.8) is 0 Å². The molecule has 0 aliphatic heterocycles. The third-order valence-corrected chi connectivity index (χ3v) is 4.05. The van der Waals surface area contributed by atoms with Gasteiger partial charge < -0.3 is 10.2 Å². The van der Waals surface area contributed by atoms with Gasteiger partial charge in [-0.05, 0) is 43.1 Å². The number of amides is 1. The zero-order chi connectivity index (χ0) is 14.5. The molecule has 2 unspecified atom stereocenters. The van der Waals surface area contributed by atoms with E-state index in [1.807, 2.05) is 0 Å². The van der Waals surface area contributed by atoms with Gasteiger partial charge in [0, 0.05) is 19.0 Å². The summed E-state index contributed by atoms with van der Waals surface area (Å²) in [6.45, 7) is 7.86. The number of benzene rings is 1. The molecule has 2 rings (SSSR count). The summed E-state index contributed by atoms with van der Waals surface area (Å²) >= 11 is 0. The van der Waals surface area contributed by atoms with E-state index in [1.165, 1.54) is 12.1 Å². The van der Waals surface area contributed by atoms with Crippen LogP contribution in [0.1, 0.15) is 31.7 Å². The monoisotopic (exact) mass is 278 g/mol. The van der Waals surface area contributed by atoms with Crippen molar-refractivity contribution in [1.29, 1.82) is 0 Å². The van der Waals surface area contributed by atoms with Crippen molar-refractivity contribution in [3.05, 3.63) is 35.6 Å². The molecule has 110 valence electrons. The molecule has 0 saturated heterocycles. The Morgan fingerprint density at radius 1 is 1.30 bits per heavy atom. The molecule has 0 bridgehead atoms. The Balaban J connectivity index is 1.74. The molecule has 0 aromatic heterocycles. The van der Waals surface area contributed by atoms with Gasteiger partial charge in [-0.25, -0.2) is 4.39 Å². The van der Waals surface area contributed by atoms with Crippen molar-refractivity contribution in [1.82, 2.24) is 10.2 Å². The van der Waals surface area contributed by atoms with Crippen molar-refractivity contribution in [2.45, 2.75) is 26.2 Å². The molecule has 3 nitrogen and oxygen atoms in total. The minimum Gasteiger partial charge on any atom is -0.355 e. The van der Waals surface area contributed by atoms with Crippen LogP contribution in [0.2, 0.25) is 0 Å². The van der Waals surface area contributed by atoms with Crippen LogP contribution in [0.5, 0.6) is 0 Å². The van der Waals surface area contributed by atoms with E-state index < -0.39 is 0 Å². The summed E-state index contributed by atoms with van der Waals surface area (Å²) in [6.07, 6.45) is 0.878. The predicted molar refractivity (Wildman–Crippen MR) is 78.0 cm³/mol. The molecule has 1 aromatic rings. The average molecular weight is 278 g/mol. The Morgan fingerprint density at radius 2 is 1.95 bits per heavy atom. The highest BCUT2D eigenvalue weighted by molar-refractivity contribution is 5.82. The molecular weight excluding hydrogens is 255 g/mol. The summed E-state index contributed by atoms with van der Waals surface area (Å²) in [7, 11) is 0. The summed E-state index contributed by atoms with van der Waals surface area (Å²) in [4.78, 5) is 14.3. The first kappa shape index (κ1) is 15.0. The second-order valence-corrected chi connectivity index (χ2v) is 5.32. The van der Waals surface area contributed by atoms with E-state index in [0.29, 0.717) is 6.54 Å². The second kappa shape index (κ2) is 6.84. The van der Waals surface area contributed by atoms with Crippen molar-refractivity contribution in [2.75, 3.05) is 26.2 Å². The summed E-state index contributed by atoms with van der Waals surface area (Å²) in [5.74, 6) is 0.238. The van der Waals surface area contributed by atoms with E-state index in [0.717, 1.165) is 31.6 Å². The van der Waals surface area contributed by atoms with Gasteiger partial charge in [0.25, 0.3) is 0 Å². The molecule has 1 aliphatic rings. The summed E-state index contributed by atoms with van der Waals surface area (Å²) < 4.78 is 12.9. The maximum absolute atomic E-state index is 12.9. The van der Waals surface area contributed by atoms with Crippen LogP contribution in [-0.2, 0) is 4.79 Å². The smallest absolute Gasteiger partial charge is 0.223 e. The topological polar surface area (TPSA) is 32.3 Å². The van der Waals surface area contributed by atoms with Gasteiger partial charge in [0.2, 0.25) is 5.91 Å². The Kier molecular flexibility index (Phi) is 5.12. The molecule has 1 N–H and O–H groups in total. The maximum Gasteiger partial charge on any atom is 0.223 e. The van der Waals surface area contributed by atoms with Crippen LogP contribution >= 0.6 is 0 Å². The number of hydrogen-bond donors (Lipinski definition) is 1. The first-order chi connectivity index (χ1) is 9.65. The zero-order valence-corrected chi connectivity index (χ0v) is 12.2. The molecule has 2 atom stereocenters. The van der Waals surface area contributed by atoms with Gasteiger partial charge >= 0.3 is 0 Å². The first-order valence-corrected chi connectivity index (χ1v) is 7.41. The van der Waals surface area contributed by atoms with Crippen LogP contribution in [0.15, 0.2) is 24.3 Å².